The fraction of sp³-hybridized carbons (Fsp3) is 0.385. The standard InChI is InChI=1S/C13H18N2O3S2/c1-3-15(2)20(17,18)14-9-11(16)13-8-10-6-4-5-7-12(10)19-13/h4-8,11,14,16H,3,9H2,1-2H3/t11-/m0/s1. The molecule has 110 valence electrons. The highest BCUT2D eigenvalue weighted by atomic mass is 32.2. The fourth-order valence-electron chi connectivity index (χ4n) is 1.73. The van der Waals surface area contributed by atoms with Crippen LogP contribution in [-0.4, -0.2) is 38.0 Å². The second-order valence-electron chi connectivity index (χ2n) is 4.47. The first-order chi connectivity index (χ1) is 9.44. The summed E-state index contributed by atoms with van der Waals surface area (Å²) >= 11 is 1.47. The van der Waals surface area contributed by atoms with Gasteiger partial charge in [0.05, 0.1) is 0 Å². The van der Waals surface area contributed by atoms with Gasteiger partial charge in [0.2, 0.25) is 0 Å². The van der Waals surface area contributed by atoms with E-state index >= 15 is 0 Å². The summed E-state index contributed by atoms with van der Waals surface area (Å²) in [6.45, 7) is 2.11. The lowest BCUT2D eigenvalue weighted by molar-refractivity contribution is 0.185. The van der Waals surface area contributed by atoms with Crippen molar-refractivity contribution in [1.29, 1.82) is 0 Å². The Balaban J connectivity index is 2.07. The van der Waals surface area contributed by atoms with Gasteiger partial charge in [0.25, 0.3) is 10.2 Å². The van der Waals surface area contributed by atoms with Gasteiger partial charge in [-0.15, -0.1) is 11.3 Å². The van der Waals surface area contributed by atoms with Gasteiger partial charge in [-0.05, 0) is 17.5 Å². The molecule has 0 saturated heterocycles. The van der Waals surface area contributed by atoms with Crippen molar-refractivity contribution in [2.45, 2.75) is 13.0 Å². The zero-order chi connectivity index (χ0) is 14.8. The maximum Gasteiger partial charge on any atom is 0.279 e. The van der Waals surface area contributed by atoms with Crippen LogP contribution in [0, 0.1) is 0 Å². The van der Waals surface area contributed by atoms with E-state index in [1.807, 2.05) is 30.3 Å². The molecule has 0 unspecified atom stereocenters. The van der Waals surface area contributed by atoms with Crippen molar-refractivity contribution < 1.29 is 13.5 Å². The van der Waals surface area contributed by atoms with Crippen molar-refractivity contribution in [2.75, 3.05) is 20.1 Å². The summed E-state index contributed by atoms with van der Waals surface area (Å²) in [6.07, 6.45) is -0.840. The van der Waals surface area contributed by atoms with E-state index in [9.17, 15) is 13.5 Å². The number of benzene rings is 1. The van der Waals surface area contributed by atoms with Gasteiger partial charge in [0, 0.05) is 29.7 Å². The minimum Gasteiger partial charge on any atom is -0.386 e. The molecule has 1 aromatic carbocycles. The third-order valence-corrected chi connectivity index (χ3v) is 5.92. The first-order valence-corrected chi connectivity index (χ1v) is 8.57. The molecule has 2 aromatic rings. The maximum atomic E-state index is 11.8. The minimum atomic E-state index is -3.52. The number of thiophene rings is 1. The molecule has 2 rings (SSSR count). The Morgan fingerprint density at radius 3 is 2.75 bits per heavy atom. The molecule has 0 fully saturated rings. The number of rotatable bonds is 6. The van der Waals surface area contributed by atoms with Crippen LogP contribution in [0.1, 0.15) is 17.9 Å². The Labute approximate surface area is 123 Å². The summed E-state index contributed by atoms with van der Waals surface area (Å²) in [5.41, 5.74) is 0. The average Bonchev–Trinajstić information content (AvgIpc) is 2.87. The summed E-state index contributed by atoms with van der Waals surface area (Å²) < 4.78 is 28.2. The van der Waals surface area contributed by atoms with E-state index in [4.69, 9.17) is 0 Å². The van der Waals surface area contributed by atoms with Crippen LogP contribution in [-0.2, 0) is 10.2 Å². The molecule has 5 nitrogen and oxygen atoms in total. The molecule has 1 aromatic heterocycles. The summed E-state index contributed by atoms with van der Waals surface area (Å²) in [5.74, 6) is 0. The molecule has 0 aliphatic rings. The van der Waals surface area contributed by atoms with Crippen molar-refractivity contribution in [3.63, 3.8) is 0 Å². The molecule has 2 N–H and O–H groups in total. The van der Waals surface area contributed by atoms with Crippen LogP contribution in [0.2, 0.25) is 0 Å². The zero-order valence-corrected chi connectivity index (χ0v) is 13.0. The van der Waals surface area contributed by atoms with E-state index in [0.717, 1.165) is 15.0 Å². The maximum absolute atomic E-state index is 11.8. The number of nitrogens with one attached hydrogen (secondary N) is 1. The number of aliphatic hydroxyl groups is 1. The lowest BCUT2D eigenvalue weighted by Crippen LogP contribution is -2.39. The summed E-state index contributed by atoms with van der Waals surface area (Å²) in [7, 11) is -2.02. The molecule has 0 aliphatic heterocycles. The predicted octanol–water partition coefficient (Wildman–Crippen LogP) is 1.72. The van der Waals surface area contributed by atoms with Crippen molar-refractivity contribution >= 4 is 31.6 Å². The lowest BCUT2D eigenvalue weighted by Gasteiger charge is -2.17. The molecule has 1 atom stereocenters. The van der Waals surface area contributed by atoms with Gasteiger partial charge in [0.1, 0.15) is 6.10 Å². The molecular formula is C13H18N2O3S2. The van der Waals surface area contributed by atoms with Gasteiger partial charge in [-0.2, -0.15) is 17.4 Å². The van der Waals surface area contributed by atoms with E-state index in [1.165, 1.54) is 22.7 Å². The molecule has 0 saturated carbocycles. The third kappa shape index (κ3) is 3.36. The quantitative estimate of drug-likeness (QED) is 0.853. The first-order valence-electron chi connectivity index (χ1n) is 6.31. The van der Waals surface area contributed by atoms with Crippen LogP contribution in [0.5, 0.6) is 0 Å². The van der Waals surface area contributed by atoms with Gasteiger partial charge in [-0.25, -0.2) is 0 Å². The summed E-state index contributed by atoms with van der Waals surface area (Å²) in [6, 6.07) is 9.71. The van der Waals surface area contributed by atoms with Crippen molar-refractivity contribution in [3.05, 3.63) is 35.2 Å². The number of aliphatic hydroxyl groups excluding tert-OH is 1. The Kier molecular flexibility index (Phi) is 4.77. The van der Waals surface area contributed by atoms with Gasteiger partial charge < -0.3 is 5.11 Å². The molecule has 0 amide bonds. The van der Waals surface area contributed by atoms with Crippen LogP contribution in [0.3, 0.4) is 0 Å². The predicted molar refractivity (Wildman–Crippen MR) is 82.0 cm³/mol. The largest absolute Gasteiger partial charge is 0.386 e. The fourth-order valence-corrected chi connectivity index (χ4v) is 3.71. The van der Waals surface area contributed by atoms with E-state index in [2.05, 4.69) is 4.72 Å². The Hall–Kier alpha value is -0.990. The van der Waals surface area contributed by atoms with Crippen molar-refractivity contribution in [1.82, 2.24) is 9.03 Å². The third-order valence-electron chi connectivity index (χ3n) is 3.09. The second-order valence-corrected chi connectivity index (χ2v) is 7.45. The molecule has 20 heavy (non-hydrogen) atoms. The Bertz CT molecular complexity index is 649. The molecule has 1 heterocycles. The average molecular weight is 314 g/mol. The van der Waals surface area contributed by atoms with Crippen LogP contribution >= 0.6 is 11.3 Å². The van der Waals surface area contributed by atoms with Gasteiger partial charge in [0.15, 0.2) is 0 Å². The highest BCUT2D eigenvalue weighted by Gasteiger charge is 2.18. The number of fused-ring (bicyclic) bond motifs is 1. The van der Waals surface area contributed by atoms with E-state index < -0.39 is 16.3 Å². The molecular weight excluding hydrogens is 296 g/mol. The topological polar surface area (TPSA) is 69.6 Å². The number of hydrogen-bond acceptors (Lipinski definition) is 4. The highest BCUT2D eigenvalue weighted by Crippen LogP contribution is 2.29. The second kappa shape index (κ2) is 6.19. The molecule has 0 bridgehead atoms. The number of nitrogens with zero attached hydrogens (tertiary/aromatic N) is 1. The van der Waals surface area contributed by atoms with Gasteiger partial charge >= 0.3 is 0 Å². The van der Waals surface area contributed by atoms with Crippen LogP contribution in [0.25, 0.3) is 10.1 Å². The molecule has 0 radical (unpaired) electrons. The normalized spacial score (nSPS) is 14.0. The first kappa shape index (κ1) is 15.4. The van der Waals surface area contributed by atoms with Gasteiger partial charge in [-0.3, -0.25) is 0 Å². The highest BCUT2D eigenvalue weighted by molar-refractivity contribution is 7.87. The van der Waals surface area contributed by atoms with Crippen molar-refractivity contribution in [2.24, 2.45) is 0 Å². The SMILES string of the molecule is CCN(C)S(=O)(=O)NC[C@H](O)c1cc2ccccc2s1. The van der Waals surface area contributed by atoms with Crippen LogP contribution in [0.4, 0.5) is 0 Å². The van der Waals surface area contributed by atoms with Crippen molar-refractivity contribution in [3.8, 4) is 0 Å². The zero-order valence-electron chi connectivity index (χ0n) is 11.4. The summed E-state index contributed by atoms with van der Waals surface area (Å²) in [4.78, 5) is 0.757. The van der Waals surface area contributed by atoms with Crippen LogP contribution < -0.4 is 4.72 Å². The van der Waals surface area contributed by atoms with Gasteiger partial charge in [-0.1, -0.05) is 25.1 Å². The molecule has 0 aliphatic carbocycles. The van der Waals surface area contributed by atoms with Crippen LogP contribution in [0.15, 0.2) is 30.3 Å². The van der Waals surface area contributed by atoms with E-state index in [-0.39, 0.29) is 6.54 Å². The minimum absolute atomic E-state index is 0.0283. The summed E-state index contributed by atoms with van der Waals surface area (Å²) in [5, 5.41) is 11.2. The molecule has 0 spiro atoms. The van der Waals surface area contributed by atoms with E-state index in [1.54, 1.807) is 6.92 Å². The number of hydrogen-bond donors (Lipinski definition) is 2. The monoisotopic (exact) mass is 314 g/mol. The Morgan fingerprint density at radius 2 is 2.10 bits per heavy atom. The molecule has 7 heteroatoms. The smallest absolute Gasteiger partial charge is 0.279 e. The van der Waals surface area contributed by atoms with E-state index in [0.29, 0.717) is 6.54 Å². The lowest BCUT2D eigenvalue weighted by atomic mass is 10.2. The Morgan fingerprint density at radius 1 is 1.40 bits per heavy atom.